The second-order valence-corrected chi connectivity index (χ2v) is 17.9. The Hall–Kier alpha value is -5.80. The minimum Gasteiger partial charge on any atom is -0.448 e. The monoisotopic (exact) mass is 891 g/mol. The number of likely N-dealkylation sites (tertiary alicyclic amines) is 2. The molecule has 5 heterocycles. The minimum atomic E-state index is -0.838. The number of piperazine rings is 1. The van der Waals surface area contributed by atoms with Crippen LogP contribution in [0.1, 0.15) is 86.8 Å². The van der Waals surface area contributed by atoms with Crippen molar-refractivity contribution in [1.82, 2.24) is 39.3 Å². The molecule has 0 bridgehead atoms. The van der Waals surface area contributed by atoms with E-state index in [2.05, 4.69) is 40.4 Å². The van der Waals surface area contributed by atoms with E-state index in [9.17, 15) is 24.0 Å². The fourth-order valence-electron chi connectivity index (χ4n) is 9.65. The minimum absolute atomic E-state index is 0.118. The van der Waals surface area contributed by atoms with Crippen molar-refractivity contribution in [3.63, 3.8) is 0 Å². The number of ether oxygens (including phenoxy) is 2. The van der Waals surface area contributed by atoms with E-state index in [0.29, 0.717) is 74.7 Å². The number of fused-ring (bicyclic) bond motifs is 2. The van der Waals surface area contributed by atoms with Crippen molar-refractivity contribution in [2.75, 3.05) is 66.0 Å². The Balaban J connectivity index is 1.04. The van der Waals surface area contributed by atoms with Gasteiger partial charge < -0.3 is 29.5 Å². The van der Waals surface area contributed by atoms with Crippen LogP contribution in [0.3, 0.4) is 0 Å². The summed E-state index contributed by atoms with van der Waals surface area (Å²) >= 11 is 0. The largest absolute Gasteiger partial charge is 0.448 e. The molecule has 2 aromatic heterocycles. The summed E-state index contributed by atoms with van der Waals surface area (Å²) in [5, 5.41) is 9.13. The number of rotatable bonds is 17. The van der Waals surface area contributed by atoms with E-state index in [0.717, 1.165) is 86.6 Å². The molecular weight excluding hydrogens is 825 g/mol. The molecule has 7 rings (SSSR count). The van der Waals surface area contributed by atoms with Crippen LogP contribution in [0, 0.1) is 6.92 Å². The Bertz CT molecular complexity index is 2390. The van der Waals surface area contributed by atoms with E-state index in [1.807, 2.05) is 60.4 Å². The van der Waals surface area contributed by atoms with Crippen LogP contribution < -0.4 is 10.9 Å². The van der Waals surface area contributed by atoms with Crippen LogP contribution in [0.15, 0.2) is 78.8 Å². The first-order valence-corrected chi connectivity index (χ1v) is 23.5. The fraction of sp³-hybridized carbons (Fsp3) is 0.520. The number of carbonyl (C=O) groups is 4. The molecule has 4 aromatic rings. The van der Waals surface area contributed by atoms with E-state index in [1.54, 1.807) is 17.2 Å². The highest BCUT2D eigenvalue weighted by Crippen LogP contribution is 2.29. The first-order valence-electron chi connectivity index (χ1n) is 23.5. The van der Waals surface area contributed by atoms with Crippen LogP contribution in [0.25, 0.3) is 21.8 Å². The Morgan fingerprint density at radius 3 is 2.32 bits per heavy atom. The molecular formula is C50H66N8O7. The van der Waals surface area contributed by atoms with Crippen LogP contribution >= 0.6 is 0 Å². The lowest BCUT2D eigenvalue weighted by Crippen LogP contribution is -2.59. The molecule has 3 aliphatic heterocycles. The standard InChI is InChI=1S/C50H66N8O7/c1-5-7-9-10-13-29-64-50(63)58-46-36(3)30-37(31-40(46)34-51-58)32-43(48(61)55-27-25-54(26-28-55)41-19-21-53(4)22-20-41)52-49(62)56-23-17-38(18-24-56)42-33-39-14-11-12-15-44(39)57(47(42)60)35-65-45(59)16-8-6-2/h5-6,11-12,14-15,30-31,33-34,38,41,43H,1-2,7-10,13,16-29,32,35H2,3-4H3,(H,52,62)/t43-/m1/s1. The molecule has 3 fully saturated rings. The third-order valence-electron chi connectivity index (χ3n) is 13.4. The number of carbonyl (C=O) groups excluding carboxylic acids is 4. The van der Waals surface area contributed by atoms with Gasteiger partial charge in [0.2, 0.25) is 5.91 Å². The first kappa shape index (κ1) is 47.2. The van der Waals surface area contributed by atoms with E-state index >= 15 is 0 Å². The lowest BCUT2D eigenvalue weighted by Gasteiger charge is -2.43. The van der Waals surface area contributed by atoms with Gasteiger partial charge in [-0.15, -0.1) is 13.2 Å². The Labute approximate surface area is 382 Å². The van der Waals surface area contributed by atoms with Gasteiger partial charge in [-0.25, -0.2) is 9.59 Å². The molecule has 3 amide bonds. The number of nitrogens with one attached hydrogen (secondary N) is 1. The zero-order chi connectivity index (χ0) is 45.9. The van der Waals surface area contributed by atoms with Gasteiger partial charge in [-0.2, -0.15) is 9.78 Å². The number of nitrogens with zero attached hydrogens (tertiary/aromatic N) is 7. The summed E-state index contributed by atoms with van der Waals surface area (Å²) < 4.78 is 13.9. The molecule has 15 heteroatoms. The van der Waals surface area contributed by atoms with Gasteiger partial charge >= 0.3 is 18.1 Å². The quantitative estimate of drug-likeness (QED) is 0.0698. The smallest absolute Gasteiger partial charge is 0.435 e. The zero-order valence-electron chi connectivity index (χ0n) is 38.3. The number of aryl methyl sites for hydroxylation is 1. The molecule has 1 atom stereocenters. The number of esters is 1. The van der Waals surface area contributed by atoms with Gasteiger partial charge in [0.25, 0.3) is 5.56 Å². The van der Waals surface area contributed by atoms with Crippen molar-refractivity contribution in [3.05, 3.63) is 101 Å². The number of aromatic nitrogens is 3. The average molecular weight is 891 g/mol. The average Bonchev–Trinajstić information content (AvgIpc) is 3.76. The van der Waals surface area contributed by atoms with Gasteiger partial charge in [-0.05, 0) is 125 Å². The second-order valence-electron chi connectivity index (χ2n) is 17.9. The van der Waals surface area contributed by atoms with Crippen molar-refractivity contribution >= 4 is 45.8 Å². The van der Waals surface area contributed by atoms with Crippen LogP contribution in [-0.4, -0.2) is 136 Å². The molecule has 0 saturated carbocycles. The molecule has 65 heavy (non-hydrogen) atoms. The predicted molar refractivity (Wildman–Crippen MR) is 252 cm³/mol. The topological polar surface area (TPSA) is 152 Å². The van der Waals surface area contributed by atoms with Gasteiger partial charge in [-0.3, -0.25) is 23.9 Å². The van der Waals surface area contributed by atoms with Gasteiger partial charge in [0, 0.05) is 69.1 Å². The zero-order valence-corrected chi connectivity index (χ0v) is 38.3. The third kappa shape index (κ3) is 11.7. The molecule has 3 saturated heterocycles. The normalized spacial score (nSPS) is 17.3. The number of pyridine rings is 1. The highest BCUT2D eigenvalue weighted by Gasteiger charge is 2.34. The van der Waals surface area contributed by atoms with E-state index < -0.39 is 18.1 Å². The van der Waals surface area contributed by atoms with Gasteiger partial charge in [0.15, 0.2) is 6.73 Å². The maximum atomic E-state index is 14.5. The van der Waals surface area contributed by atoms with E-state index in [4.69, 9.17) is 9.47 Å². The Kier molecular flexibility index (Phi) is 16.3. The summed E-state index contributed by atoms with van der Waals surface area (Å²) in [6.45, 7) is 15.1. The summed E-state index contributed by atoms with van der Waals surface area (Å²) in [6.07, 6.45) is 12.6. The summed E-state index contributed by atoms with van der Waals surface area (Å²) in [7, 11) is 2.16. The van der Waals surface area contributed by atoms with E-state index in [1.165, 1.54) is 9.25 Å². The molecule has 3 aliphatic rings. The maximum Gasteiger partial charge on any atom is 0.435 e. The van der Waals surface area contributed by atoms with Crippen molar-refractivity contribution in [2.24, 2.45) is 0 Å². The maximum absolute atomic E-state index is 14.5. The summed E-state index contributed by atoms with van der Waals surface area (Å²) in [5.41, 5.74) is 3.39. The first-order chi connectivity index (χ1) is 31.5. The van der Waals surface area contributed by atoms with Crippen LogP contribution in [0.4, 0.5) is 9.59 Å². The lowest BCUT2D eigenvalue weighted by atomic mass is 9.89. The van der Waals surface area contributed by atoms with Crippen LogP contribution in [-0.2, 0) is 32.2 Å². The van der Waals surface area contributed by atoms with Gasteiger partial charge in [0.05, 0.1) is 23.8 Å². The van der Waals surface area contributed by atoms with Crippen molar-refractivity contribution in [2.45, 2.75) is 102 Å². The number of para-hydroxylation sites is 1. The Morgan fingerprint density at radius 2 is 1.58 bits per heavy atom. The molecule has 2 aromatic carbocycles. The number of benzene rings is 2. The Morgan fingerprint density at radius 1 is 0.846 bits per heavy atom. The number of hydrogen-bond acceptors (Lipinski definition) is 10. The molecule has 15 nitrogen and oxygen atoms in total. The second kappa shape index (κ2) is 22.4. The molecule has 0 spiro atoms. The SMILES string of the molecule is C=CCCCCCOC(=O)n1ncc2cc(C[C@@H](NC(=O)N3CCC(c4cc5ccccc5n(COC(=O)CCC=C)c4=O)CC3)C(=O)N3CCN(C4CCN(C)CC4)CC3)cc(C)c21. The summed E-state index contributed by atoms with van der Waals surface area (Å²) in [6, 6.07) is 12.7. The molecule has 0 radical (unpaired) electrons. The van der Waals surface area contributed by atoms with Gasteiger partial charge in [0.1, 0.15) is 6.04 Å². The van der Waals surface area contributed by atoms with Crippen molar-refractivity contribution in [3.8, 4) is 0 Å². The number of amides is 3. The van der Waals surface area contributed by atoms with Crippen molar-refractivity contribution < 1.29 is 28.7 Å². The number of hydrogen-bond donors (Lipinski definition) is 1. The van der Waals surface area contributed by atoms with Crippen molar-refractivity contribution in [1.29, 1.82) is 0 Å². The summed E-state index contributed by atoms with van der Waals surface area (Å²) in [5.74, 6) is -0.640. The number of allylic oxidation sites excluding steroid dienone is 2. The van der Waals surface area contributed by atoms with Crippen LogP contribution in [0.2, 0.25) is 0 Å². The number of piperidine rings is 2. The highest BCUT2D eigenvalue weighted by atomic mass is 16.6. The predicted octanol–water partition coefficient (Wildman–Crippen LogP) is 6.60. The number of urea groups is 1. The molecule has 0 unspecified atom stereocenters. The van der Waals surface area contributed by atoms with Crippen LogP contribution in [0.5, 0.6) is 0 Å². The molecule has 0 aliphatic carbocycles. The third-order valence-corrected chi connectivity index (χ3v) is 13.4. The molecule has 348 valence electrons. The molecule has 1 N–H and O–H groups in total. The van der Waals surface area contributed by atoms with E-state index in [-0.39, 0.29) is 43.0 Å². The lowest BCUT2D eigenvalue weighted by molar-refractivity contribution is -0.147. The number of unbranched alkanes of at least 4 members (excludes halogenated alkanes) is 3. The van der Waals surface area contributed by atoms with Gasteiger partial charge in [-0.1, -0.05) is 36.4 Å². The summed E-state index contributed by atoms with van der Waals surface area (Å²) in [4.78, 5) is 76.7. The highest BCUT2D eigenvalue weighted by molar-refractivity contribution is 5.91. The fourth-order valence-corrected chi connectivity index (χ4v) is 9.65.